The van der Waals surface area contributed by atoms with Crippen LogP contribution >= 0.6 is 34.8 Å². The van der Waals surface area contributed by atoms with Gasteiger partial charge in [-0.15, -0.1) is 0 Å². The lowest BCUT2D eigenvalue weighted by atomic mass is 10.1. The Bertz CT molecular complexity index is 187. The fourth-order valence-electron chi connectivity index (χ4n) is 1.13. The summed E-state index contributed by atoms with van der Waals surface area (Å²) < 4.78 is 2.86. The lowest BCUT2D eigenvalue weighted by Crippen LogP contribution is -2.25. The van der Waals surface area contributed by atoms with Gasteiger partial charge in [0.15, 0.2) is 0 Å². The van der Waals surface area contributed by atoms with E-state index in [0.717, 1.165) is 19.5 Å². The highest BCUT2D eigenvalue weighted by molar-refractivity contribution is 6.75. The molecule has 0 aliphatic carbocycles. The van der Waals surface area contributed by atoms with E-state index in [1.54, 1.807) is 0 Å². The van der Waals surface area contributed by atoms with E-state index in [1.165, 1.54) is 0 Å². The van der Waals surface area contributed by atoms with E-state index in [4.69, 9.17) is 39.5 Å². The number of rotatable bonds is 2. The van der Waals surface area contributed by atoms with E-state index in [-0.39, 0.29) is 0 Å². The lowest BCUT2D eigenvalue weighted by molar-refractivity contribution is -0.143. The summed E-state index contributed by atoms with van der Waals surface area (Å²) in [6, 6.07) is 0. The molecule has 1 heterocycles. The summed E-state index contributed by atoms with van der Waals surface area (Å²) in [5.41, 5.74) is 0. The number of ether oxygens (including phenoxy) is 1. The first-order valence-corrected chi connectivity index (χ1v) is 5.08. The van der Waals surface area contributed by atoms with Crippen molar-refractivity contribution in [2.24, 2.45) is 5.92 Å². The Balaban J connectivity index is 2.22. The van der Waals surface area contributed by atoms with Crippen LogP contribution in [0.5, 0.6) is 0 Å². The first kappa shape index (κ1) is 11.4. The highest BCUT2D eigenvalue weighted by Gasteiger charge is 2.33. The van der Waals surface area contributed by atoms with Crippen molar-refractivity contribution in [3.63, 3.8) is 0 Å². The van der Waals surface area contributed by atoms with Crippen LogP contribution in [0.2, 0.25) is 0 Å². The number of hydrogen-bond donors (Lipinski definition) is 1. The minimum atomic E-state index is -1.95. The number of carbonyl (C=O) groups excluding carboxylic acids is 1. The summed E-state index contributed by atoms with van der Waals surface area (Å²) in [6.07, 6.45) is 0.993. The van der Waals surface area contributed by atoms with E-state index < -0.39 is 9.76 Å². The fraction of sp³-hybridized carbons (Fsp3) is 0.857. The maximum atomic E-state index is 11.0. The second-order valence-corrected chi connectivity index (χ2v) is 5.24. The van der Waals surface area contributed by atoms with Crippen molar-refractivity contribution in [2.45, 2.75) is 10.2 Å². The highest BCUT2D eigenvalue weighted by atomic mass is 35.6. The number of alkyl halides is 3. The quantitative estimate of drug-likeness (QED) is 0.593. The summed E-state index contributed by atoms with van der Waals surface area (Å²) in [7, 11) is 0. The topological polar surface area (TPSA) is 38.3 Å². The van der Waals surface area contributed by atoms with Crippen molar-refractivity contribution < 1.29 is 9.53 Å². The van der Waals surface area contributed by atoms with Crippen LogP contribution in [-0.4, -0.2) is 29.5 Å². The molecule has 3 nitrogen and oxygen atoms in total. The molecule has 1 fully saturated rings. The standard InChI is InChI=1S/C7H10Cl3NO2/c8-7(9,10)6(12)13-4-5-1-2-11-3-5/h5,11H,1-4H2. The molecule has 1 unspecified atom stereocenters. The van der Waals surface area contributed by atoms with Crippen LogP contribution in [0, 0.1) is 5.92 Å². The van der Waals surface area contributed by atoms with E-state index in [9.17, 15) is 4.79 Å². The first-order chi connectivity index (χ1) is 6.00. The Kier molecular flexibility index (Phi) is 4.10. The Hall–Kier alpha value is 0.300. The zero-order valence-electron chi connectivity index (χ0n) is 6.86. The second kappa shape index (κ2) is 4.69. The van der Waals surface area contributed by atoms with Gasteiger partial charge in [0.1, 0.15) is 0 Å². The van der Waals surface area contributed by atoms with Crippen molar-refractivity contribution in [1.29, 1.82) is 0 Å². The molecule has 0 spiro atoms. The molecule has 1 saturated heterocycles. The Labute approximate surface area is 91.7 Å². The zero-order chi connectivity index (χ0) is 9.90. The van der Waals surface area contributed by atoms with Crippen LogP contribution in [0.25, 0.3) is 0 Å². The summed E-state index contributed by atoms with van der Waals surface area (Å²) in [5, 5.41) is 3.14. The van der Waals surface area contributed by atoms with Gasteiger partial charge in [-0.2, -0.15) is 0 Å². The van der Waals surface area contributed by atoms with Crippen LogP contribution in [0.3, 0.4) is 0 Å². The SMILES string of the molecule is O=C(OCC1CCNC1)C(Cl)(Cl)Cl. The van der Waals surface area contributed by atoms with Crippen molar-refractivity contribution in [3.8, 4) is 0 Å². The maximum absolute atomic E-state index is 11.0. The Morgan fingerprint density at radius 1 is 1.54 bits per heavy atom. The van der Waals surface area contributed by atoms with Crippen LogP contribution in [0.4, 0.5) is 0 Å². The third-order valence-electron chi connectivity index (χ3n) is 1.84. The molecule has 6 heteroatoms. The third kappa shape index (κ3) is 3.90. The number of halogens is 3. The van der Waals surface area contributed by atoms with Gasteiger partial charge in [0, 0.05) is 12.5 Å². The average Bonchev–Trinajstić information content (AvgIpc) is 2.50. The van der Waals surface area contributed by atoms with Crippen LogP contribution in [0.1, 0.15) is 6.42 Å². The normalized spacial score (nSPS) is 23.2. The molecule has 0 aromatic carbocycles. The molecule has 0 radical (unpaired) electrons. The van der Waals surface area contributed by atoms with Gasteiger partial charge in [0.05, 0.1) is 6.61 Å². The van der Waals surface area contributed by atoms with Crippen LogP contribution in [0.15, 0.2) is 0 Å². The Morgan fingerprint density at radius 3 is 2.69 bits per heavy atom. The van der Waals surface area contributed by atoms with E-state index >= 15 is 0 Å². The van der Waals surface area contributed by atoms with Gasteiger partial charge < -0.3 is 10.1 Å². The van der Waals surface area contributed by atoms with Gasteiger partial charge in [-0.05, 0) is 13.0 Å². The van der Waals surface area contributed by atoms with Crippen LogP contribution in [-0.2, 0) is 9.53 Å². The first-order valence-electron chi connectivity index (χ1n) is 3.95. The molecular weight excluding hydrogens is 236 g/mol. The third-order valence-corrected chi connectivity index (χ3v) is 2.31. The molecule has 1 aliphatic heterocycles. The minimum absolute atomic E-state index is 0.319. The van der Waals surface area contributed by atoms with Gasteiger partial charge in [-0.1, -0.05) is 34.8 Å². The Morgan fingerprint density at radius 2 is 2.23 bits per heavy atom. The molecule has 1 aliphatic rings. The second-order valence-electron chi connectivity index (χ2n) is 2.96. The van der Waals surface area contributed by atoms with Gasteiger partial charge in [0.2, 0.25) is 0 Å². The van der Waals surface area contributed by atoms with E-state index in [2.05, 4.69) is 5.32 Å². The van der Waals surface area contributed by atoms with Crippen molar-refractivity contribution in [3.05, 3.63) is 0 Å². The summed E-state index contributed by atoms with van der Waals surface area (Å²) >= 11 is 15.9. The molecule has 0 bridgehead atoms. The monoisotopic (exact) mass is 245 g/mol. The summed E-state index contributed by atoms with van der Waals surface area (Å²) in [6.45, 7) is 2.13. The molecule has 0 amide bonds. The molecule has 76 valence electrons. The molecule has 1 atom stereocenters. The average molecular weight is 247 g/mol. The smallest absolute Gasteiger partial charge is 0.358 e. The minimum Gasteiger partial charge on any atom is -0.462 e. The van der Waals surface area contributed by atoms with Crippen molar-refractivity contribution >= 4 is 40.8 Å². The maximum Gasteiger partial charge on any atom is 0.358 e. The van der Waals surface area contributed by atoms with Crippen LogP contribution < -0.4 is 5.32 Å². The predicted octanol–water partition coefficient (Wildman–Crippen LogP) is 1.51. The molecule has 1 N–H and O–H groups in total. The number of nitrogens with one attached hydrogen (secondary N) is 1. The number of carbonyl (C=O) groups is 1. The molecule has 0 aromatic heterocycles. The molecule has 13 heavy (non-hydrogen) atoms. The largest absolute Gasteiger partial charge is 0.462 e. The number of hydrogen-bond acceptors (Lipinski definition) is 3. The number of esters is 1. The summed E-state index contributed by atoms with van der Waals surface area (Å²) in [4.78, 5) is 11.0. The predicted molar refractivity (Wildman–Crippen MR) is 52.2 cm³/mol. The fourth-order valence-corrected chi connectivity index (χ4v) is 1.30. The van der Waals surface area contributed by atoms with E-state index in [1.807, 2.05) is 0 Å². The molecular formula is C7H10Cl3NO2. The molecule has 0 saturated carbocycles. The molecule has 1 rings (SSSR count). The van der Waals surface area contributed by atoms with Crippen molar-refractivity contribution in [1.82, 2.24) is 5.32 Å². The van der Waals surface area contributed by atoms with Gasteiger partial charge in [-0.25, -0.2) is 4.79 Å². The van der Waals surface area contributed by atoms with Gasteiger partial charge in [0.25, 0.3) is 3.79 Å². The van der Waals surface area contributed by atoms with E-state index in [0.29, 0.717) is 12.5 Å². The molecule has 0 aromatic rings. The van der Waals surface area contributed by atoms with Crippen molar-refractivity contribution in [2.75, 3.05) is 19.7 Å². The lowest BCUT2D eigenvalue weighted by Gasteiger charge is -2.13. The summed E-state index contributed by atoms with van der Waals surface area (Å²) in [5.74, 6) is -0.458. The highest BCUT2D eigenvalue weighted by Crippen LogP contribution is 2.27. The zero-order valence-corrected chi connectivity index (χ0v) is 9.12. The van der Waals surface area contributed by atoms with Gasteiger partial charge in [-0.3, -0.25) is 0 Å². The van der Waals surface area contributed by atoms with Gasteiger partial charge >= 0.3 is 5.97 Å².